The number of benzene rings is 1. The Morgan fingerprint density at radius 2 is 2.10 bits per heavy atom. The van der Waals surface area contributed by atoms with Crippen molar-refractivity contribution in [2.75, 3.05) is 7.11 Å². The minimum absolute atomic E-state index is 0.305. The summed E-state index contributed by atoms with van der Waals surface area (Å²) in [7, 11) is 1.62. The Balaban J connectivity index is 1.81. The molecule has 0 saturated heterocycles. The molecule has 0 amide bonds. The lowest BCUT2D eigenvalue weighted by Gasteiger charge is -2.19. The molecule has 0 bridgehead atoms. The Hall–Kier alpha value is -2.10. The van der Waals surface area contributed by atoms with Gasteiger partial charge in [-0.2, -0.15) is 0 Å². The van der Waals surface area contributed by atoms with Crippen LogP contribution in [0.1, 0.15) is 37.7 Å². The maximum atomic E-state index is 11.9. The first-order valence-corrected chi connectivity index (χ1v) is 7.43. The minimum atomic E-state index is -0.349. The van der Waals surface area contributed by atoms with E-state index < -0.39 is 0 Å². The van der Waals surface area contributed by atoms with Gasteiger partial charge in [-0.05, 0) is 36.6 Å². The van der Waals surface area contributed by atoms with Gasteiger partial charge in [-0.25, -0.2) is 9.79 Å². The fourth-order valence-electron chi connectivity index (χ4n) is 2.84. The number of methoxy groups -OCH3 is 1. The number of cyclic esters (lactones) is 1. The number of carbonyl (C=O) groups excluding carboxylic acids is 1. The number of aliphatic imine (C=N–C) groups is 1. The second kappa shape index (κ2) is 6.12. The molecule has 1 saturated carbocycles. The maximum Gasteiger partial charge on any atom is 0.363 e. The molecule has 21 heavy (non-hydrogen) atoms. The predicted molar refractivity (Wildman–Crippen MR) is 81.1 cm³/mol. The average molecular weight is 285 g/mol. The SMILES string of the molecule is COc1cccc(/C=C2/N=C(C3CCCCC3)OC2=O)c1. The molecule has 1 aromatic rings. The van der Waals surface area contributed by atoms with Gasteiger partial charge in [0.15, 0.2) is 5.70 Å². The van der Waals surface area contributed by atoms with Crippen molar-refractivity contribution in [3.8, 4) is 5.75 Å². The minimum Gasteiger partial charge on any atom is -0.497 e. The van der Waals surface area contributed by atoms with E-state index in [2.05, 4.69) is 4.99 Å². The van der Waals surface area contributed by atoms with Crippen molar-refractivity contribution in [2.45, 2.75) is 32.1 Å². The van der Waals surface area contributed by atoms with Crippen LogP contribution in [0.5, 0.6) is 5.75 Å². The molecule has 1 aromatic carbocycles. The van der Waals surface area contributed by atoms with Crippen LogP contribution in [0.4, 0.5) is 0 Å². The molecule has 1 aliphatic heterocycles. The predicted octanol–water partition coefficient (Wildman–Crippen LogP) is 3.57. The van der Waals surface area contributed by atoms with E-state index in [4.69, 9.17) is 9.47 Å². The van der Waals surface area contributed by atoms with Crippen molar-refractivity contribution in [1.29, 1.82) is 0 Å². The molecule has 2 aliphatic rings. The molecule has 4 nitrogen and oxygen atoms in total. The molecule has 0 N–H and O–H groups in total. The molecule has 0 unspecified atom stereocenters. The third-order valence-electron chi connectivity index (χ3n) is 3.99. The van der Waals surface area contributed by atoms with E-state index >= 15 is 0 Å². The highest BCUT2D eigenvalue weighted by Gasteiger charge is 2.30. The van der Waals surface area contributed by atoms with E-state index in [1.165, 1.54) is 19.3 Å². The molecular formula is C17H19NO3. The van der Waals surface area contributed by atoms with E-state index in [9.17, 15) is 4.79 Å². The standard InChI is InChI=1S/C17H19NO3/c1-20-14-9-5-6-12(10-14)11-15-17(19)21-16(18-15)13-7-3-2-4-8-13/h5-6,9-11,13H,2-4,7-8H2,1H3/b15-11+. The highest BCUT2D eigenvalue weighted by atomic mass is 16.6. The lowest BCUT2D eigenvalue weighted by atomic mass is 9.89. The summed E-state index contributed by atoms with van der Waals surface area (Å²) in [4.78, 5) is 16.4. The number of nitrogens with zero attached hydrogens (tertiary/aromatic N) is 1. The largest absolute Gasteiger partial charge is 0.497 e. The van der Waals surface area contributed by atoms with Gasteiger partial charge in [-0.15, -0.1) is 0 Å². The number of carbonyl (C=O) groups is 1. The lowest BCUT2D eigenvalue weighted by molar-refractivity contribution is -0.130. The zero-order chi connectivity index (χ0) is 14.7. The number of rotatable bonds is 3. The molecular weight excluding hydrogens is 266 g/mol. The fraction of sp³-hybridized carbons (Fsp3) is 0.412. The smallest absolute Gasteiger partial charge is 0.363 e. The highest BCUT2D eigenvalue weighted by Crippen LogP contribution is 2.29. The third kappa shape index (κ3) is 3.15. The summed E-state index contributed by atoms with van der Waals surface area (Å²) in [6, 6.07) is 7.54. The highest BCUT2D eigenvalue weighted by molar-refractivity contribution is 6.07. The van der Waals surface area contributed by atoms with Crippen LogP contribution in [0.15, 0.2) is 35.0 Å². The average Bonchev–Trinajstić information content (AvgIpc) is 2.89. The first-order chi connectivity index (χ1) is 10.3. The Morgan fingerprint density at radius 1 is 1.29 bits per heavy atom. The Morgan fingerprint density at radius 3 is 2.86 bits per heavy atom. The number of hydrogen-bond donors (Lipinski definition) is 0. The van der Waals surface area contributed by atoms with Gasteiger partial charge in [0.1, 0.15) is 5.75 Å². The molecule has 4 heteroatoms. The zero-order valence-corrected chi connectivity index (χ0v) is 12.2. The lowest BCUT2D eigenvalue weighted by Crippen LogP contribution is -2.19. The van der Waals surface area contributed by atoms with E-state index in [1.54, 1.807) is 13.2 Å². The second-order valence-electron chi connectivity index (χ2n) is 5.48. The van der Waals surface area contributed by atoms with Crippen molar-refractivity contribution in [3.05, 3.63) is 35.5 Å². The summed E-state index contributed by atoms with van der Waals surface area (Å²) in [5.41, 5.74) is 1.26. The fourth-order valence-corrected chi connectivity index (χ4v) is 2.84. The summed E-state index contributed by atoms with van der Waals surface area (Å²) in [5.74, 6) is 1.32. The summed E-state index contributed by atoms with van der Waals surface area (Å²) >= 11 is 0. The molecule has 1 aliphatic carbocycles. The molecule has 1 fully saturated rings. The molecule has 0 atom stereocenters. The monoisotopic (exact) mass is 285 g/mol. The first kappa shape index (κ1) is 13.9. The summed E-state index contributed by atoms with van der Waals surface area (Å²) in [5, 5.41) is 0. The van der Waals surface area contributed by atoms with Crippen LogP contribution >= 0.6 is 0 Å². The van der Waals surface area contributed by atoms with Gasteiger partial charge in [0.05, 0.1) is 7.11 Å². The van der Waals surface area contributed by atoms with Gasteiger partial charge in [-0.3, -0.25) is 0 Å². The first-order valence-electron chi connectivity index (χ1n) is 7.43. The van der Waals surface area contributed by atoms with E-state index in [-0.39, 0.29) is 5.97 Å². The van der Waals surface area contributed by atoms with Crippen molar-refractivity contribution in [3.63, 3.8) is 0 Å². The van der Waals surface area contributed by atoms with Gasteiger partial charge >= 0.3 is 5.97 Å². The quantitative estimate of drug-likeness (QED) is 0.630. The zero-order valence-electron chi connectivity index (χ0n) is 12.2. The Labute approximate surface area is 124 Å². The van der Waals surface area contributed by atoms with E-state index in [0.717, 1.165) is 24.2 Å². The molecule has 0 aromatic heterocycles. The molecule has 0 radical (unpaired) electrons. The molecule has 110 valence electrons. The van der Waals surface area contributed by atoms with E-state index in [1.807, 2.05) is 24.3 Å². The van der Waals surface area contributed by atoms with Gasteiger partial charge in [0.2, 0.25) is 5.90 Å². The van der Waals surface area contributed by atoms with Gasteiger partial charge in [0.25, 0.3) is 0 Å². The maximum absolute atomic E-state index is 11.9. The third-order valence-corrected chi connectivity index (χ3v) is 3.99. The summed E-state index contributed by atoms with van der Waals surface area (Å²) in [6.45, 7) is 0. The summed E-state index contributed by atoms with van der Waals surface area (Å²) < 4.78 is 10.5. The topological polar surface area (TPSA) is 47.9 Å². The van der Waals surface area contributed by atoms with E-state index in [0.29, 0.717) is 17.5 Å². The molecule has 3 rings (SSSR count). The second-order valence-corrected chi connectivity index (χ2v) is 5.48. The number of esters is 1. The van der Waals surface area contributed by atoms with Crippen LogP contribution in [-0.2, 0) is 9.53 Å². The Bertz CT molecular complexity index is 598. The summed E-state index contributed by atoms with van der Waals surface area (Å²) in [6.07, 6.45) is 7.54. The van der Waals surface area contributed by atoms with Crippen LogP contribution in [0.25, 0.3) is 6.08 Å². The van der Waals surface area contributed by atoms with Crippen molar-refractivity contribution in [2.24, 2.45) is 10.9 Å². The van der Waals surface area contributed by atoms with Crippen molar-refractivity contribution in [1.82, 2.24) is 0 Å². The number of ether oxygens (including phenoxy) is 2. The number of hydrogen-bond acceptors (Lipinski definition) is 4. The van der Waals surface area contributed by atoms with Gasteiger partial charge < -0.3 is 9.47 Å². The molecule has 0 spiro atoms. The van der Waals surface area contributed by atoms with Crippen LogP contribution in [-0.4, -0.2) is 19.0 Å². The molecule has 1 heterocycles. The van der Waals surface area contributed by atoms with Gasteiger partial charge in [0, 0.05) is 5.92 Å². The normalized spacial score (nSPS) is 21.3. The van der Waals surface area contributed by atoms with Crippen molar-refractivity contribution < 1.29 is 14.3 Å². The Kier molecular flexibility index (Phi) is 4.04. The van der Waals surface area contributed by atoms with Crippen molar-refractivity contribution >= 4 is 17.9 Å². The van der Waals surface area contributed by atoms with Crippen LogP contribution in [0.3, 0.4) is 0 Å². The van der Waals surface area contributed by atoms with Gasteiger partial charge in [-0.1, -0.05) is 31.4 Å². The van der Waals surface area contributed by atoms with Crippen LogP contribution in [0, 0.1) is 5.92 Å². The van der Waals surface area contributed by atoms with Crippen LogP contribution in [0.2, 0.25) is 0 Å². The van der Waals surface area contributed by atoms with Crippen LogP contribution < -0.4 is 4.74 Å².